The molecule has 2 aromatic carbocycles. The fourth-order valence-corrected chi connectivity index (χ4v) is 6.48. The van der Waals surface area contributed by atoms with E-state index in [9.17, 15) is 14.4 Å². The molecule has 9 nitrogen and oxygen atoms in total. The highest BCUT2D eigenvalue weighted by molar-refractivity contribution is 6.05. The molecule has 2 aromatic rings. The van der Waals surface area contributed by atoms with Gasteiger partial charge < -0.3 is 19.1 Å². The second-order valence-electron chi connectivity index (χ2n) is 10.7. The largest absolute Gasteiger partial charge is 0.492 e. The number of piperidine rings is 2. The Balaban J connectivity index is 1.08. The zero-order chi connectivity index (χ0) is 25.1. The van der Waals surface area contributed by atoms with Crippen molar-refractivity contribution >= 4 is 17.7 Å². The minimum Gasteiger partial charge on any atom is -0.492 e. The first-order valence-electron chi connectivity index (χ1n) is 13.1. The average molecular weight is 504 g/mol. The lowest BCUT2D eigenvalue weighted by atomic mass is 9.74. The van der Waals surface area contributed by atoms with Gasteiger partial charge in [-0.3, -0.25) is 24.6 Å². The van der Waals surface area contributed by atoms with E-state index in [0.717, 1.165) is 60.9 Å². The van der Waals surface area contributed by atoms with Gasteiger partial charge in [0.25, 0.3) is 5.91 Å². The van der Waals surface area contributed by atoms with Gasteiger partial charge in [0.15, 0.2) is 11.5 Å². The standard InChI is InChI=1S/C28H29N3O6/c32-24-5-4-21(26(33)29-24)31-15-18-12-20-23(13-19(18)27(31)34)37-16-28(20)6-8-30(9-7-28)14-17-2-1-3-22-25(17)36-11-10-35-22/h1-3,12-13,21H,4-11,14-16H2,(H,29,32,33). The van der Waals surface area contributed by atoms with E-state index in [2.05, 4.69) is 22.3 Å². The first kappa shape index (κ1) is 22.6. The molecule has 0 aromatic heterocycles. The number of fused-ring (bicyclic) bond motifs is 4. The highest BCUT2D eigenvalue weighted by atomic mass is 16.6. The smallest absolute Gasteiger partial charge is 0.255 e. The second kappa shape index (κ2) is 8.48. The summed E-state index contributed by atoms with van der Waals surface area (Å²) in [5, 5.41) is 2.37. The molecule has 5 heterocycles. The molecular weight excluding hydrogens is 474 g/mol. The summed E-state index contributed by atoms with van der Waals surface area (Å²) < 4.78 is 17.8. The summed E-state index contributed by atoms with van der Waals surface area (Å²) in [6.07, 6.45) is 2.55. The fraction of sp³-hybridized carbons (Fsp3) is 0.464. The first-order chi connectivity index (χ1) is 18.0. The Morgan fingerprint density at radius 2 is 1.84 bits per heavy atom. The van der Waals surface area contributed by atoms with Crippen molar-refractivity contribution in [2.45, 2.75) is 50.2 Å². The molecule has 9 heteroatoms. The van der Waals surface area contributed by atoms with Gasteiger partial charge in [0.05, 0.1) is 6.61 Å². The Labute approximate surface area is 214 Å². The van der Waals surface area contributed by atoms with Gasteiger partial charge in [0.1, 0.15) is 25.0 Å². The number of carbonyl (C=O) groups is 3. The highest BCUT2D eigenvalue weighted by Crippen LogP contribution is 2.48. The minimum atomic E-state index is -0.608. The molecule has 1 unspecified atom stereocenters. The Morgan fingerprint density at radius 3 is 2.68 bits per heavy atom. The van der Waals surface area contributed by atoms with Gasteiger partial charge in [-0.05, 0) is 56.1 Å². The SMILES string of the molecule is O=C1CCC(N2Cc3cc4c(cc3C2=O)OCC42CCN(Cc3cccc4c3OCCO4)CC2)C(=O)N1. The van der Waals surface area contributed by atoms with Crippen molar-refractivity contribution in [3.8, 4) is 17.2 Å². The van der Waals surface area contributed by atoms with E-state index in [1.165, 1.54) is 5.56 Å². The zero-order valence-electron chi connectivity index (χ0n) is 20.6. The van der Waals surface area contributed by atoms with Crippen LogP contribution in [0.3, 0.4) is 0 Å². The molecule has 2 fully saturated rings. The van der Waals surface area contributed by atoms with Crippen molar-refractivity contribution in [1.29, 1.82) is 0 Å². The number of ether oxygens (including phenoxy) is 3. The number of rotatable bonds is 3. The van der Waals surface area contributed by atoms with Gasteiger partial charge in [0, 0.05) is 41.6 Å². The minimum absolute atomic E-state index is 0.0678. The summed E-state index contributed by atoms with van der Waals surface area (Å²) in [5.74, 6) is 1.65. The molecule has 37 heavy (non-hydrogen) atoms. The Bertz CT molecular complexity index is 1320. The number of hydrogen-bond acceptors (Lipinski definition) is 7. The normalized spacial score (nSPS) is 24.1. The van der Waals surface area contributed by atoms with Crippen LogP contribution in [0.15, 0.2) is 30.3 Å². The maximum atomic E-state index is 13.2. The van der Waals surface area contributed by atoms with Crippen molar-refractivity contribution in [3.63, 3.8) is 0 Å². The molecule has 0 radical (unpaired) electrons. The lowest BCUT2D eigenvalue weighted by Crippen LogP contribution is -2.52. The van der Waals surface area contributed by atoms with Crippen LogP contribution in [0.2, 0.25) is 0 Å². The second-order valence-corrected chi connectivity index (χ2v) is 10.7. The molecule has 2 saturated heterocycles. The zero-order valence-corrected chi connectivity index (χ0v) is 20.6. The van der Waals surface area contributed by atoms with E-state index in [-0.39, 0.29) is 29.6 Å². The van der Waals surface area contributed by atoms with Gasteiger partial charge in [0.2, 0.25) is 11.8 Å². The highest BCUT2D eigenvalue weighted by Gasteiger charge is 2.46. The van der Waals surface area contributed by atoms with Crippen LogP contribution in [0.5, 0.6) is 17.2 Å². The molecule has 192 valence electrons. The number of hydrogen-bond donors (Lipinski definition) is 1. The van der Waals surface area contributed by atoms with Crippen molar-refractivity contribution in [3.05, 3.63) is 52.6 Å². The van der Waals surface area contributed by atoms with Gasteiger partial charge >= 0.3 is 0 Å². The number of nitrogens with zero attached hydrogens (tertiary/aromatic N) is 2. The van der Waals surface area contributed by atoms with Gasteiger partial charge in [-0.25, -0.2) is 0 Å². The summed E-state index contributed by atoms with van der Waals surface area (Å²) in [7, 11) is 0. The van der Waals surface area contributed by atoms with Crippen LogP contribution in [-0.4, -0.2) is 66.5 Å². The van der Waals surface area contributed by atoms with Crippen molar-refractivity contribution in [2.75, 3.05) is 32.9 Å². The quantitative estimate of drug-likeness (QED) is 0.641. The van der Waals surface area contributed by atoms with Gasteiger partial charge in [-0.15, -0.1) is 0 Å². The third kappa shape index (κ3) is 3.67. The van der Waals surface area contributed by atoms with Gasteiger partial charge in [-0.1, -0.05) is 12.1 Å². The summed E-state index contributed by atoms with van der Waals surface area (Å²) in [6.45, 7) is 4.87. The van der Waals surface area contributed by atoms with Crippen LogP contribution in [0.1, 0.15) is 52.7 Å². The van der Waals surface area contributed by atoms with Crippen molar-refractivity contribution in [1.82, 2.24) is 15.1 Å². The van der Waals surface area contributed by atoms with Crippen LogP contribution in [-0.2, 0) is 28.1 Å². The van der Waals surface area contributed by atoms with Crippen molar-refractivity contribution < 1.29 is 28.6 Å². The predicted molar refractivity (Wildman–Crippen MR) is 132 cm³/mol. The lowest BCUT2D eigenvalue weighted by Gasteiger charge is -2.39. The van der Waals surface area contributed by atoms with E-state index in [0.29, 0.717) is 38.3 Å². The molecule has 1 N–H and O–H groups in total. The number of likely N-dealkylation sites (tertiary alicyclic amines) is 1. The molecule has 0 bridgehead atoms. The number of carbonyl (C=O) groups excluding carboxylic acids is 3. The van der Waals surface area contributed by atoms with Gasteiger partial charge in [-0.2, -0.15) is 0 Å². The fourth-order valence-electron chi connectivity index (χ4n) is 6.48. The van der Waals surface area contributed by atoms with Crippen LogP contribution in [0, 0.1) is 0 Å². The summed E-state index contributed by atoms with van der Waals surface area (Å²) in [4.78, 5) is 41.2. The molecule has 3 amide bonds. The molecule has 0 saturated carbocycles. The molecular formula is C28H29N3O6. The van der Waals surface area contributed by atoms with E-state index < -0.39 is 6.04 Å². The first-order valence-corrected chi connectivity index (χ1v) is 13.1. The topological polar surface area (TPSA) is 97.4 Å². The summed E-state index contributed by atoms with van der Waals surface area (Å²) in [5.41, 5.74) is 3.81. The molecule has 0 aliphatic carbocycles. The molecule has 5 aliphatic heterocycles. The summed E-state index contributed by atoms with van der Waals surface area (Å²) in [6, 6.07) is 9.49. The van der Waals surface area contributed by atoms with Crippen LogP contribution >= 0.6 is 0 Å². The summed E-state index contributed by atoms with van der Waals surface area (Å²) >= 11 is 0. The molecule has 7 rings (SSSR count). The Hall–Kier alpha value is -3.59. The third-order valence-corrected chi connectivity index (χ3v) is 8.55. The van der Waals surface area contributed by atoms with E-state index in [1.807, 2.05) is 18.2 Å². The number of para-hydroxylation sites is 1. The maximum Gasteiger partial charge on any atom is 0.255 e. The van der Waals surface area contributed by atoms with E-state index in [1.54, 1.807) is 4.90 Å². The Morgan fingerprint density at radius 1 is 1.00 bits per heavy atom. The van der Waals surface area contributed by atoms with Crippen molar-refractivity contribution in [2.24, 2.45) is 0 Å². The van der Waals surface area contributed by atoms with E-state index >= 15 is 0 Å². The lowest BCUT2D eigenvalue weighted by molar-refractivity contribution is -0.136. The monoisotopic (exact) mass is 503 g/mol. The molecule has 1 spiro atoms. The maximum absolute atomic E-state index is 13.2. The average Bonchev–Trinajstić information content (AvgIpc) is 3.41. The molecule has 5 aliphatic rings. The van der Waals surface area contributed by atoms with Crippen LogP contribution in [0.4, 0.5) is 0 Å². The van der Waals surface area contributed by atoms with E-state index in [4.69, 9.17) is 14.2 Å². The molecule has 1 atom stereocenters. The Kier molecular flexibility index (Phi) is 5.18. The van der Waals surface area contributed by atoms with Crippen LogP contribution in [0.25, 0.3) is 0 Å². The third-order valence-electron chi connectivity index (χ3n) is 8.55. The number of benzene rings is 2. The van der Waals surface area contributed by atoms with Crippen LogP contribution < -0.4 is 19.5 Å². The number of amides is 3. The number of imide groups is 1. The number of nitrogens with one attached hydrogen (secondary N) is 1. The predicted octanol–water partition coefficient (Wildman–Crippen LogP) is 2.15.